The zero-order valence-electron chi connectivity index (χ0n) is 14.4. The van der Waals surface area contributed by atoms with Crippen molar-refractivity contribution in [3.63, 3.8) is 0 Å². The highest BCUT2D eigenvalue weighted by molar-refractivity contribution is 6.04. The third kappa shape index (κ3) is 2.33. The summed E-state index contributed by atoms with van der Waals surface area (Å²) in [4.78, 5) is 27.0. The molecule has 1 aromatic carbocycles. The number of benzene rings is 1. The van der Waals surface area contributed by atoms with Gasteiger partial charge in [-0.2, -0.15) is 0 Å². The standard InChI is InChI=1S/C20H22N2O3/c1-21-10-17(16-4-2-3-5-18(16)21)20(24)25-15-8-13-6-12-7-14(9-15)22(13)11-19(12)23/h2-5,10,12-15H,6-9,11H2,1H3. The number of aromatic nitrogens is 1. The summed E-state index contributed by atoms with van der Waals surface area (Å²) in [6, 6.07) is 8.71. The van der Waals surface area contributed by atoms with Gasteiger partial charge in [-0.05, 0) is 18.9 Å². The van der Waals surface area contributed by atoms with Crippen molar-refractivity contribution < 1.29 is 14.3 Å². The van der Waals surface area contributed by atoms with Gasteiger partial charge < -0.3 is 9.30 Å². The molecule has 4 saturated heterocycles. The highest BCUT2D eigenvalue weighted by atomic mass is 16.5. The molecular weight excluding hydrogens is 316 g/mol. The van der Waals surface area contributed by atoms with Crippen molar-refractivity contribution in [3.8, 4) is 0 Å². The fourth-order valence-corrected chi connectivity index (χ4v) is 5.13. The van der Waals surface area contributed by atoms with Gasteiger partial charge >= 0.3 is 5.97 Å². The van der Waals surface area contributed by atoms with Crippen molar-refractivity contribution >= 4 is 22.7 Å². The van der Waals surface area contributed by atoms with Crippen LogP contribution in [0.3, 0.4) is 0 Å². The van der Waals surface area contributed by atoms with Gasteiger partial charge in [0.2, 0.25) is 0 Å². The minimum absolute atomic E-state index is 0.0353. The molecule has 0 aliphatic carbocycles. The molecule has 25 heavy (non-hydrogen) atoms. The van der Waals surface area contributed by atoms with E-state index in [1.807, 2.05) is 42.1 Å². The van der Waals surface area contributed by atoms with E-state index in [1.54, 1.807) is 0 Å². The lowest BCUT2D eigenvalue weighted by Gasteiger charge is -2.54. The number of aryl methyl sites for hydroxylation is 1. The number of carbonyl (C=O) groups is 2. The second kappa shape index (κ2) is 5.43. The van der Waals surface area contributed by atoms with Gasteiger partial charge in [-0.3, -0.25) is 9.69 Å². The van der Waals surface area contributed by atoms with E-state index in [2.05, 4.69) is 4.90 Å². The van der Waals surface area contributed by atoms with Crippen LogP contribution < -0.4 is 0 Å². The van der Waals surface area contributed by atoms with E-state index < -0.39 is 0 Å². The zero-order valence-corrected chi connectivity index (χ0v) is 14.4. The van der Waals surface area contributed by atoms with E-state index >= 15 is 0 Å². The summed E-state index contributed by atoms with van der Waals surface area (Å²) >= 11 is 0. The van der Waals surface area contributed by atoms with E-state index in [9.17, 15) is 9.59 Å². The Kier molecular flexibility index (Phi) is 3.29. The maximum absolute atomic E-state index is 12.8. The summed E-state index contributed by atoms with van der Waals surface area (Å²) in [5.41, 5.74) is 1.68. The first kappa shape index (κ1) is 15.1. The van der Waals surface area contributed by atoms with Crippen LogP contribution in [0.5, 0.6) is 0 Å². The first-order valence-electron chi connectivity index (χ1n) is 9.13. The van der Waals surface area contributed by atoms with Crippen LogP contribution in [-0.2, 0) is 16.6 Å². The number of carbonyl (C=O) groups excluding carboxylic acids is 2. The Labute approximate surface area is 146 Å². The highest BCUT2D eigenvalue weighted by Crippen LogP contribution is 2.42. The molecule has 6 rings (SSSR count). The molecule has 1 aromatic heterocycles. The minimum Gasteiger partial charge on any atom is -0.459 e. The summed E-state index contributed by atoms with van der Waals surface area (Å²) in [5.74, 6) is 0.423. The Morgan fingerprint density at radius 3 is 2.56 bits per heavy atom. The molecule has 5 heterocycles. The number of esters is 1. The number of para-hydroxylation sites is 1. The third-order valence-corrected chi connectivity index (χ3v) is 6.31. The lowest BCUT2D eigenvalue weighted by molar-refractivity contribution is -0.145. The van der Waals surface area contributed by atoms with Crippen LogP contribution in [0.15, 0.2) is 30.5 Å². The molecule has 0 N–H and O–H groups in total. The fraction of sp³-hybridized carbons (Fsp3) is 0.500. The van der Waals surface area contributed by atoms with E-state index in [0.717, 1.165) is 36.6 Å². The summed E-state index contributed by atoms with van der Waals surface area (Å²) in [6.07, 6.45) is 5.43. The maximum atomic E-state index is 12.8. The van der Waals surface area contributed by atoms with Crippen LogP contribution in [0.4, 0.5) is 0 Å². The molecule has 2 atom stereocenters. The first-order valence-corrected chi connectivity index (χ1v) is 9.13. The number of fused-ring (bicyclic) bond motifs is 2. The second-order valence-corrected chi connectivity index (χ2v) is 7.78. The quantitative estimate of drug-likeness (QED) is 0.790. The fourth-order valence-electron chi connectivity index (χ4n) is 5.13. The van der Waals surface area contributed by atoms with E-state index in [-0.39, 0.29) is 18.0 Å². The highest BCUT2D eigenvalue weighted by Gasteiger charge is 2.49. The molecule has 0 saturated carbocycles. The number of hydrogen-bond donors (Lipinski definition) is 0. The van der Waals surface area contributed by atoms with Crippen molar-refractivity contribution in [1.29, 1.82) is 0 Å². The molecule has 5 nitrogen and oxygen atoms in total. The van der Waals surface area contributed by atoms with Crippen molar-refractivity contribution in [2.24, 2.45) is 13.0 Å². The van der Waals surface area contributed by atoms with Gasteiger partial charge in [0.05, 0.1) is 12.1 Å². The monoisotopic (exact) mass is 338 g/mol. The molecule has 4 bridgehead atoms. The van der Waals surface area contributed by atoms with Crippen molar-refractivity contribution in [1.82, 2.24) is 9.47 Å². The van der Waals surface area contributed by atoms with Gasteiger partial charge in [-0.25, -0.2) is 4.79 Å². The molecule has 0 radical (unpaired) electrons. The van der Waals surface area contributed by atoms with Crippen LogP contribution in [-0.4, -0.2) is 46.0 Å². The number of Topliss-reactive ketones (excluding diaryl/α,β-unsaturated/α-hetero) is 1. The Hall–Kier alpha value is -2.14. The lowest BCUT2D eigenvalue weighted by atomic mass is 9.72. The molecular formula is C20H22N2O3. The number of hydrogen-bond acceptors (Lipinski definition) is 4. The van der Waals surface area contributed by atoms with Gasteiger partial charge in [0.25, 0.3) is 0 Å². The number of nitrogens with zero attached hydrogens (tertiary/aromatic N) is 2. The van der Waals surface area contributed by atoms with Crippen LogP contribution >= 0.6 is 0 Å². The second-order valence-electron chi connectivity index (χ2n) is 7.78. The van der Waals surface area contributed by atoms with Crippen molar-refractivity contribution in [2.75, 3.05) is 6.54 Å². The Morgan fingerprint density at radius 1 is 1.12 bits per heavy atom. The average molecular weight is 338 g/mol. The Morgan fingerprint density at radius 2 is 1.84 bits per heavy atom. The van der Waals surface area contributed by atoms with E-state index in [0.29, 0.717) is 30.0 Å². The van der Waals surface area contributed by atoms with Crippen LogP contribution in [0, 0.1) is 5.92 Å². The Balaban J connectivity index is 1.34. The molecule has 4 aliphatic rings. The largest absolute Gasteiger partial charge is 0.459 e. The van der Waals surface area contributed by atoms with Crippen LogP contribution in [0.1, 0.15) is 36.0 Å². The van der Waals surface area contributed by atoms with E-state index in [4.69, 9.17) is 4.74 Å². The summed E-state index contributed by atoms with van der Waals surface area (Å²) < 4.78 is 7.88. The summed E-state index contributed by atoms with van der Waals surface area (Å²) in [5, 5.41) is 0.944. The van der Waals surface area contributed by atoms with E-state index in [1.165, 1.54) is 0 Å². The molecule has 5 heteroatoms. The molecule has 2 aromatic rings. The number of ketones is 1. The third-order valence-electron chi connectivity index (χ3n) is 6.31. The minimum atomic E-state index is -0.224. The zero-order chi connectivity index (χ0) is 17.1. The number of ether oxygens (including phenoxy) is 1. The summed E-state index contributed by atoms with van der Waals surface area (Å²) in [7, 11) is 1.95. The predicted molar refractivity (Wildman–Crippen MR) is 93.4 cm³/mol. The SMILES string of the molecule is Cn1cc(C(=O)OC2CC3CC4CC(C2)N3CC4=O)c2ccccc21. The van der Waals surface area contributed by atoms with Gasteiger partial charge in [0, 0.05) is 55.0 Å². The molecule has 4 aliphatic heterocycles. The predicted octanol–water partition coefficient (Wildman–Crippen LogP) is 2.53. The van der Waals surface area contributed by atoms with Crippen molar-refractivity contribution in [2.45, 2.75) is 43.9 Å². The van der Waals surface area contributed by atoms with Gasteiger partial charge in [-0.15, -0.1) is 0 Å². The maximum Gasteiger partial charge on any atom is 0.340 e. The topological polar surface area (TPSA) is 51.5 Å². The Bertz CT molecular complexity index is 855. The lowest BCUT2D eigenvalue weighted by Crippen LogP contribution is -2.63. The smallest absolute Gasteiger partial charge is 0.340 e. The number of piperidine rings is 4. The van der Waals surface area contributed by atoms with Gasteiger partial charge in [0.15, 0.2) is 0 Å². The van der Waals surface area contributed by atoms with Crippen molar-refractivity contribution in [3.05, 3.63) is 36.0 Å². The van der Waals surface area contributed by atoms with Gasteiger partial charge in [0.1, 0.15) is 11.9 Å². The molecule has 130 valence electrons. The average Bonchev–Trinajstić information content (AvgIpc) is 2.92. The normalized spacial score (nSPS) is 33.6. The summed E-state index contributed by atoms with van der Waals surface area (Å²) in [6.45, 7) is 0.601. The molecule has 4 fully saturated rings. The van der Waals surface area contributed by atoms with Gasteiger partial charge in [-0.1, -0.05) is 18.2 Å². The number of rotatable bonds is 2. The van der Waals surface area contributed by atoms with Crippen LogP contribution in [0.25, 0.3) is 10.9 Å². The molecule has 0 spiro atoms. The van der Waals surface area contributed by atoms with Crippen LogP contribution in [0.2, 0.25) is 0 Å². The molecule has 2 unspecified atom stereocenters. The molecule has 0 amide bonds. The first-order chi connectivity index (χ1) is 12.1.